The van der Waals surface area contributed by atoms with Gasteiger partial charge < -0.3 is 5.32 Å². The Morgan fingerprint density at radius 3 is 2.23 bits per heavy atom. The van der Waals surface area contributed by atoms with Gasteiger partial charge in [0, 0.05) is 32.2 Å². The van der Waals surface area contributed by atoms with Gasteiger partial charge in [0.05, 0.1) is 17.1 Å². The van der Waals surface area contributed by atoms with E-state index in [0.717, 1.165) is 17.7 Å². The first-order valence-electron chi connectivity index (χ1n) is 9.74. The summed E-state index contributed by atoms with van der Waals surface area (Å²) in [5, 5.41) is 2.41. The van der Waals surface area contributed by atoms with Crippen molar-refractivity contribution in [3.05, 3.63) is 59.7 Å². The Kier molecular flexibility index (Phi) is 6.84. The maximum absolute atomic E-state index is 13.7. The molecule has 3 rings (SSSR count). The van der Waals surface area contributed by atoms with Gasteiger partial charge in [0.25, 0.3) is 0 Å². The summed E-state index contributed by atoms with van der Waals surface area (Å²) in [5.41, 5.74) is 0.981. The molecule has 1 amide bonds. The van der Waals surface area contributed by atoms with Crippen molar-refractivity contribution in [3.63, 3.8) is 0 Å². The molecule has 0 unspecified atom stereocenters. The molecule has 0 radical (unpaired) electrons. The molecule has 0 bridgehead atoms. The minimum Gasteiger partial charge on any atom is -0.322 e. The summed E-state index contributed by atoms with van der Waals surface area (Å²) in [4.78, 5) is 14.2. The summed E-state index contributed by atoms with van der Waals surface area (Å²) in [7, 11) is -3.59. The van der Waals surface area contributed by atoms with E-state index in [1.165, 1.54) is 4.31 Å². The molecule has 1 fully saturated rings. The molecule has 1 heterocycles. The van der Waals surface area contributed by atoms with E-state index in [4.69, 9.17) is 0 Å². The zero-order valence-corrected chi connectivity index (χ0v) is 17.8. The van der Waals surface area contributed by atoms with Crippen LogP contribution in [0.3, 0.4) is 0 Å². The van der Waals surface area contributed by atoms with Gasteiger partial charge in [0.15, 0.2) is 0 Å². The number of nitrogens with one attached hydrogen (secondary N) is 1. The average molecular weight is 438 g/mol. The van der Waals surface area contributed by atoms with Crippen molar-refractivity contribution < 1.29 is 22.0 Å². The van der Waals surface area contributed by atoms with Gasteiger partial charge >= 0.3 is 0 Å². The number of nitrogens with zero attached hydrogens (tertiary/aromatic N) is 2. The van der Waals surface area contributed by atoms with Crippen molar-refractivity contribution in [1.82, 2.24) is 9.21 Å². The molecular formula is C21H25F2N3O3S. The highest BCUT2D eigenvalue weighted by Gasteiger charge is 2.29. The van der Waals surface area contributed by atoms with Crippen LogP contribution < -0.4 is 5.32 Å². The molecule has 0 aliphatic carbocycles. The van der Waals surface area contributed by atoms with E-state index in [2.05, 4.69) is 5.32 Å². The molecule has 0 saturated carbocycles. The molecule has 1 saturated heterocycles. The largest absolute Gasteiger partial charge is 0.322 e. The topological polar surface area (TPSA) is 69.7 Å². The van der Waals surface area contributed by atoms with Gasteiger partial charge in [0.1, 0.15) is 11.6 Å². The number of hydrogen-bond acceptors (Lipinski definition) is 4. The van der Waals surface area contributed by atoms with Crippen molar-refractivity contribution in [2.75, 3.05) is 38.0 Å². The lowest BCUT2D eigenvalue weighted by Crippen LogP contribution is -2.50. The third-order valence-corrected chi connectivity index (χ3v) is 7.00. The minimum atomic E-state index is -3.59. The van der Waals surface area contributed by atoms with Crippen LogP contribution >= 0.6 is 0 Å². The lowest BCUT2D eigenvalue weighted by atomic mass is 10.0. The molecule has 0 spiro atoms. The van der Waals surface area contributed by atoms with Crippen LogP contribution in [0.2, 0.25) is 0 Å². The molecule has 6 nitrogen and oxygen atoms in total. The van der Waals surface area contributed by atoms with Crippen molar-refractivity contribution >= 4 is 21.6 Å². The Morgan fingerprint density at radius 1 is 1.03 bits per heavy atom. The van der Waals surface area contributed by atoms with Gasteiger partial charge in [-0.05, 0) is 35.7 Å². The number of benzene rings is 2. The Labute approximate surface area is 175 Å². The number of piperazine rings is 1. The zero-order valence-electron chi connectivity index (χ0n) is 16.9. The Bertz CT molecular complexity index is 1000. The Balaban J connectivity index is 1.55. The summed E-state index contributed by atoms with van der Waals surface area (Å²) >= 11 is 0. The number of carbonyl (C=O) groups excluding carboxylic acids is 1. The van der Waals surface area contributed by atoms with Gasteiger partial charge in [-0.15, -0.1) is 0 Å². The maximum atomic E-state index is 13.7. The van der Waals surface area contributed by atoms with E-state index in [-0.39, 0.29) is 30.2 Å². The number of rotatable bonds is 6. The second kappa shape index (κ2) is 9.20. The van der Waals surface area contributed by atoms with Crippen molar-refractivity contribution in [2.24, 2.45) is 0 Å². The minimum absolute atomic E-state index is 0.00616. The van der Waals surface area contributed by atoms with Crippen LogP contribution in [0.1, 0.15) is 25.3 Å². The van der Waals surface area contributed by atoms with Gasteiger partial charge in [-0.3, -0.25) is 9.69 Å². The third-order valence-electron chi connectivity index (χ3n) is 5.09. The molecule has 1 aliphatic heterocycles. The third kappa shape index (κ3) is 5.21. The van der Waals surface area contributed by atoms with E-state index in [0.29, 0.717) is 25.1 Å². The summed E-state index contributed by atoms with van der Waals surface area (Å²) in [6.07, 6.45) is 0. The zero-order chi connectivity index (χ0) is 21.9. The Morgan fingerprint density at radius 2 is 1.67 bits per heavy atom. The molecule has 1 aliphatic rings. The van der Waals surface area contributed by atoms with E-state index < -0.39 is 27.6 Å². The fraction of sp³-hybridized carbons (Fsp3) is 0.381. The second-order valence-electron chi connectivity index (χ2n) is 7.58. The fourth-order valence-corrected chi connectivity index (χ4v) is 4.71. The summed E-state index contributed by atoms with van der Waals surface area (Å²) in [6, 6.07) is 9.84. The Hall–Kier alpha value is -2.36. The molecule has 30 heavy (non-hydrogen) atoms. The monoisotopic (exact) mass is 437 g/mol. The van der Waals surface area contributed by atoms with Crippen LogP contribution in [-0.4, -0.2) is 56.3 Å². The quantitative estimate of drug-likeness (QED) is 0.754. The number of halogens is 2. The van der Waals surface area contributed by atoms with Crippen LogP contribution in [-0.2, 0) is 14.8 Å². The smallest absolute Gasteiger partial charge is 0.243 e. The van der Waals surface area contributed by atoms with Gasteiger partial charge in [-0.2, -0.15) is 4.31 Å². The molecule has 2 aromatic rings. The van der Waals surface area contributed by atoms with Crippen molar-refractivity contribution in [3.8, 4) is 0 Å². The SMILES string of the molecule is CC(C)c1ccc(S(=O)(=O)N2CCN(CC(=O)Nc3ccc(F)cc3F)CC2)cc1. The van der Waals surface area contributed by atoms with Crippen LogP contribution in [0, 0.1) is 11.6 Å². The number of sulfonamides is 1. The van der Waals surface area contributed by atoms with Crippen LogP contribution in [0.25, 0.3) is 0 Å². The molecule has 0 atom stereocenters. The second-order valence-corrected chi connectivity index (χ2v) is 9.51. The predicted octanol–water partition coefficient (Wildman–Crippen LogP) is 3.03. The first kappa shape index (κ1) is 22.3. The highest BCUT2D eigenvalue weighted by Crippen LogP contribution is 2.21. The average Bonchev–Trinajstić information content (AvgIpc) is 2.70. The normalized spacial score (nSPS) is 16.0. The predicted molar refractivity (Wildman–Crippen MR) is 111 cm³/mol. The molecule has 162 valence electrons. The van der Waals surface area contributed by atoms with Crippen molar-refractivity contribution in [2.45, 2.75) is 24.7 Å². The lowest BCUT2D eigenvalue weighted by molar-refractivity contribution is -0.117. The first-order chi connectivity index (χ1) is 14.2. The van der Waals surface area contributed by atoms with E-state index in [1.807, 2.05) is 26.0 Å². The van der Waals surface area contributed by atoms with E-state index in [9.17, 15) is 22.0 Å². The number of amides is 1. The summed E-state index contributed by atoms with van der Waals surface area (Å²) < 4.78 is 53.7. The van der Waals surface area contributed by atoms with Crippen molar-refractivity contribution in [1.29, 1.82) is 0 Å². The highest BCUT2D eigenvalue weighted by atomic mass is 32.2. The molecular weight excluding hydrogens is 412 g/mol. The van der Waals surface area contributed by atoms with Crippen LogP contribution in [0.5, 0.6) is 0 Å². The van der Waals surface area contributed by atoms with E-state index in [1.54, 1.807) is 17.0 Å². The molecule has 9 heteroatoms. The van der Waals surface area contributed by atoms with Gasteiger partial charge in [-0.25, -0.2) is 17.2 Å². The number of hydrogen-bond donors (Lipinski definition) is 1. The summed E-state index contributed by atoms with van der Waals surface area (Å²) in [5.74, 6) is -1.69. The highest BCUT2D eigenvalue weighted by molar-refractivity contribution is 7.89. The van der Waals surface area contributed by atoms with Crippen LogP contribution in [0.4, 0.5) is 14.5 Å². The van der Waals surface area contributed by atoms with Gasteiger partial charge in [-0.1, -0.05) is 26.0 Å². The standard InChI is InChI=1S/C21H25F2N3O3S/c1-15(2)16-3-6-18(7-4-16)30(28,29)26-11-9-25(10-12-26)14-21(27)24-20-8-5-17(22)13-19(20)23/h3-8,13,15H,9-12,14H2,1-2H3,(H,24,27). The molecule has 2 aromatic carbocycles. The fourth-order valence-electron chi connectivity index (χ4n) is 3.29. The molecule has 1 N–H and O–H groups in total. The molecule has 0 aromatic heterocycles. The number of anilines is 1. The van der Waals surface area contributed by atoms with Gasteiger partial charge in [0.2, 0.25) is 15.9 Å². The lowest BCUT2D eigenvalue weighted by Gasteiger charge is -2.33. The number of carbonyl (C=O) groups is 1. The maximum Gasteiger partial charge on any atom is 0.243 e. The first-order valence-corrected chi connectivity index (χ1v) is 11.2. The summed E-state index contributed by atoms with van der Waals surface area (Å²) in [6.45, 7) is 5.35. The van der Waals surface area contributed by atoms with Crippen LogP contribution in [0.15, 0.2) is 47.4 Å². The van der Waals surface area contributed by atoms with E-state index >= 15 is 0 Å².